The second-order valence-corrected chi connectivity index (χ2v) is 12.7. The highest BCUT2D eigenvalue weighted by Gasteiger charge is 2.42. The number of anilines is 2. The van der Waals surface area contributed by atoms with Crippen LogP contribution >= 0.6 is 11.6 Å². The van der Waals surface area contributed by atoms with Gasteiger partial charge in [-0.15, -0.1) is 10.2 Å². The van der Waals surface area contributed by atoms with Gasteiger partial charge in [0.25, 0.3) is 0 Å². The highest BCUT2D eigenvalue weighted by Crippen LogP contribution is 2.40. The van der Waals surface area contributed by atoms with E-state index in [-0.39, 0.29) is 12.1 Å². The predicted molar refractivity (Wildman–Crippen MR) is 143 cm³/mol. The van der Waals surface area contributed by atoms with Crippen LogP contribution in [0.1, 0.15) is 67.2 Å². The van der Waals surface area contributed by atoms with E-state index in [1.807, 2.05) is 46.4 Å². The summed E-state index contributed by atoms with van der Waals surface area (Å²) >= 11 is 6.21. The number of piperidine rings is 2. The van der Waals surface area contributed by atoms with Crippen molar-refractivity contribution in [1.82, 2.24) is 20.0 Å². The number of rotatable bonds is 2. The number of halogens is 1. The van der Waals surface area contributed by atoms with E-state index < -0.39 is 17.3 Å². The summed E-state index contributed by atoms with van der Waals surface area (Å²) in [5, 5.41) is 8.56. The number of amides is 2. The maximum Gasteiger partial charge on any atom is 0.416 e. The minimum atomic E-state index is -0.613. The summed E-state index contributed by atoms with van der Waals surface area (Å²) in [6.45, 7) is 14.0. The smallest absolute Gasteiger partial charge is 0.416 e. The summed E-state index contributed by atoms with van der Waals surface area (Å²) in [4.78, 5) is 33.8. The van der Waals surface area contributed by atoms with Crippen molar-refractivity contribution in [1.29, 1.82) is 0 Å². The lowest BCUT2D eigenvalue weighted by Crippen LogP contribution is -2.59. The Balaban J connectivity index is 1.43. The molecule has 37 heavy (non-hydrogen) atoms. The summed E-state index contributed by atoms with van der Waals surface area (Å²) in [5.74, 6) is 0.496. The number of carbonyl (C=O) groups excluding carboxylic acids is 2. The quantitative estimate of drug-likeness (QED) is 0.543. The van der Waals surface area contributed by atoms with Crippen LogP contribution in [0.4, 0.5) is 21.1 Å². The van der Waals surface area contributed by atoms with Crippen molar-refractivity contribution in [3.05, 3.63) is 11.2 Å². The Morgan fingerprint density at radius 3 is 2.16 bits per heavy atom. The van der Waals surface area contributed by atoms with Crippen LogP contribution in [0.5, 0.6) is 0 Å². The van der Waals surface area contributed by atoms with Gasteiger partial charge in [-0.25, -0.2) is 9.59 Å². The Kier molecular flexibility index (Phi) is 7.82. The molecular weight excluding hydrogens is 496 g/mol. The average Bonchev–Trinajstić information content (AvgIpc) is 2.80. The van der Waals surface area contributed by atoms with Gasteiger partial charge < -0.3 is 24.2 Å². The molecule has 0 radical (unpaired) electrons. The van der Waals surface area contributed by atoms with Gasteiger partial charge in [0.05, 0.1) is 12.2 Å². The number of fused-ring (bicyclic) bond motifs is 3. The molecule has 2 amide bonds. The predicted octanol–water partition coefficient (Wildman–Crippen LogP) is 4.55. The average molecular weight is 537 g/mol. The summed E-state index contributed by atoms with van der Waals surface area (Å²) in [6.07, 6.45) is 3.08. The van der Waals surface area contributed by atoms with Gasteiger partial charge in [-0.05, 0) is 74.3 Å². The molecule has 1 aromatic rings. The van der Waals surface area contributed by atoms with E-state index >= 15 is 0 Å². The number of hydrogen-bond acceptors (Lipinski definition) is 8. The normalized spacial score (nSPS) is 23.0. The molecule has 3 aliphatic heterocycles. The van der Waals surface area contributed by atoms with Crippen molar-refractivity contribution in [2.45, 2.75) is 96.6 Å². The first-order chi connectivity index (χ1) is 17.2. The van der Waals surface area contributed by atoms with Crippen molar-refractivity contribution in [2.24, 2.45) is 0 Å². The number of carbonyl (C=O) groups is 2. The molecule has 1 aromatic heterocycles. The molecular formula is C26H41ClN6O4. The topological polar surface area (TPSA) is 91.3 Å². The first-order valence-electron chi connectivity index (χ1n) is 13.2. The van der Waals surface area contributed by atoms with E-state index in [2.05, 4.69) is 27.0 Å². The van der Waals surface area contributed by atoms with E-state index in [1.54, 1.807) is 11.0 Å². The minimum Gasteiger partial charge on any atom is -0.444 e. The summed E-state index contributed by atoms with van der Waals surface area (Å²) in [5.41, 5.74) is -0.272. The van der Waals surface area contributed by atoms with Crippen molar-refractivity contribution in [3.63, 3.8) is 0 Å². The van der Waals surface area contributed by atoms with Crippen molar-refractivity contribution in [3.8, 4) is 0 Å². The molecule has 0 N–H and O–H groups in total. The Morgan fingerprint density at radius 1 is 0.946 bits per heavy atom. The van der Waals surface area contributed by atoms with E-state index in [4.69, 9.17) is 21.1 Å². The maximum atomic E-state index is 13.1. The molecule has 0 spiro atoms. The van der Waals surface area contributed by atoms with E-state index in [1.165, 1.54) is 0 Å². The van der Waals surface area contributed by atoms with Crippen LogP contribution in [0.15, 0.2) is 6.07 Å². The maximum absolute atomic E-state index is 13.1. The molecule has 3 aliphatic rings. The van der Waals surface area contributed by atoms with Gasteiger partial charge in [-0.3, -0.25) is 4.90 Å². The Hall–Kier alpha value is -2.33. The second-order valence-electron chi connectivity index (χ2n) is 12.4. The standard InChI is InChI=1S/C26H41ClN6O4/c1-25(2,3)36-23(34)31-11-8-17(9-12-31)30(7)18-10-13-32-19(14-18)16-33(24(35)37-26(4,5)6)22-20(32)15-21(27)28-29-22/h15,17-19H,8-14,16H2,1-7H3. The van der Waals surface area contributed by atoms with Crippen LogP contribution in [-0.2, 0) is 9.47 Å². The molecule has 2 saturated heterocycles. The zero-order valence-electron chi connectivity index (χ0n) is 23.2. The number of nitrogens with zero attached hydrogens (tertiary/aromatic N) is 6. The number of hydrogen-bond donors (Lipinski definition) is 0. The molecule has 0 saturated carbocycles. The molecule has 0 bridgehead atoms. The Bertz CT molecular complexity index is 1000. The van der Waals surface area contributed by atoms with Gasteiger partial charge >= 0.3 is 12.2 Å². The molecule has 10 nitrogen and oxygen atoms in total. The third-order valence-corrected chi connectivity index (χ3v) is 7.44. The number of likely N-dealkylation sites (tertiary alicyclic amines) is 1. The fourth-order valence-corrected chi connectivity index (χ4v) is 5.64. The summed E-state index contributed by atoms with van der Waals surface area (Å²) in [7, 11) is 2.19. The van der Waals surface area contributed by atoms with E-state index in [9.17, 15) is 9.59 Å². The monoisotopic (exact) mass is 536 g/mol. The molecule has 0 aliphatic carbocycles. The van der Waals surface area contributed by atoms with Crippen LogP contribution in [0.2, 0.25) is 5.15 Å². The first kappa shape index (κ1) is 27.7. The molecule has 206 valence electrons. The third kappa shape index (κ3) is 6.57. The third-order valence-electron chi connectivity index (χ3n) is 7.25. The van der Waals surface area contributed by atoms with Gasteiger partial charge in [0, 0.05) is 43.8 Å². The Labute approximate surface area is 225 Å². The molecule has 0 aromatic carbocycles. The second kappa shape index (κ2) is 10.4. The van der Waals surface area contributed by atoms with Crippen molar-refractivity contribution in [2.75, 3.05) is 43.0 Å². The molecule has 4 heterocycles. The lowest BCUT2D eigenvalue weighted by atomic mass is 9.91. The first-order valence-corrected chi connectivity index (χ1v) is 13.6. The van der Waals surface area contributed by atoms with Gasteiger partial charge in [-0.1, -0.05) is 11.6 Å². The fraction of sp³-hybridized carbons (Fsp3) is 0.769. The zero-order valence-corrected chi connectivity index (χ0v) is 23.9. The molecule has 2 fully saturated rings. The summed E-state index contributed by atoms with van der Waals surface area (Å²) in [6, 6.07) is 2.67. The fourth-order valence-electron chi connectivity index (χ4n) is 5.50. The number of aromatic nitrogens is 2. The van der Waals surface area contributed by atoms with Crippen LogP contribution in [-0.4, -0.2) is 94.7 Å². The molecule has 2 atom stereocenters. The Morgan fingerprint density at radius 2 is 1.54 bits per heavy atom. The molecule has 4 rings (SSSR count). The van der Waals surface area contributed by atoms with Gasteiger partial charge in [0.1, 0.15) is 11.2 Å². The van der Waals surface area contributed by atoms with E-state index in [0.717, 1.165) is 37.9 Å². The number of ether oxygens (including phenoxy) is 2. The molecule has 11 heteroatoms. The van der Waals surface area contributed by atoms with E-state index in [0.29, 0.717) is 42.7 Å². The van der Waals surface area contributed by atoms with Crippen LogP contribution in [0, 0.1) is 0 Å². The zero-order chi connectivity index (χ0) is 27.1. The highest BCUT2D eigenvalue weighted by atomic mass is 35.5. The summed E-state index contributed by atoms with van der Waals surface area (Å²) < 4.78 is 11.2. The van der Waals surface area contributed by atoms with Crippen molar-refractivity contribution < 1.29 is 19.1 Å². The van der Waals surface area contributed by atoms with Crippen molar-refractivity contribution >= 4 is 35.3 Å². The van der Waals surface area contributed by atoms with Crippen LogP contribution < -0.4 is 9.80 Å². The highest BCUT2D eigenvalue weighted by molar-refractivity contribution is 6.29. The molecule has 2 unspecified atom stereocenters. The van der Waals surface area contributed by atoms with Gasteiger partial charge in [-0.2, -0.15) is 0 Å². The largest absolute Gasteiger partial charge is 0.444 e. The minimum absolute atomic E-state index is 0.114. The van der Waals surface area contributed by atoms with Crippen LogP contribution in [0.3, 0.4) is 0 Å². The SMILES string of the molecule is CN(C1CCN(C(=O)OC(C)(C)C)CC1)C1CCN2c3cc(Cl)nnc3N(C(=O)OC(C)(C)C)CC2C1. The van der Waals surface area contributed by atoms with Crippen LogP contribution in [0.25, 0.3) is 0 Å². The lowest BCUT2D eigenvalue weighted by Gasteiger charge is -2.50. The van der Waals surface area contributed by atoms with Gasteiger partial charge in [0.15, 0.2) is 11.0 Å². The van der Waals surface area contributed by atoms with Gasteiger partial charge in [0.2, 0.25) is 0 Å². The lowest BCUT2D eigenvalue weighted by molar-refractivity contribution is 0.0119.